The van der Waals surface area contributed by atoms with Crippen molar-refractivity contribution in [3.05, 3.63) is 96.6 Å². The summed E-state index contributed by atoms with van der Waals surface area (Å²) >= 11 is 0. The molecule has 0 spiro atoms. The summed E-state index contributed by atoms with van der Waals surface area (Å²) in [6.45, 7) is 1.56. The van der Waals surface area contributed by atoms with E-state index in [1.807, 2.05) is 72.8 Å². The summed E-state index contributed by atoms with van der Waals surface area (Å²) in [7, 11) is 0. The van der Waals surface area contributed by atoms with E-state index in [0.29, 0.717) is 0 Å². The molecule has 27 heavy (non-hydrogen) atoms. The highest BCUT2D eigenvalue weighted by molar-refractivity contribution is 6.05. The molecule has 0 radical (unpaired) electrons. The van der Waals surface area contributed by atoms with Crippen molar-refractivity contribution in [2.24, 2.45) is 0 Å². The Kier molecular flexibility index (Phi) is 4.58. The lowest BCUT2D eigenvalue weighted by atomic mass is 10.1. The van der Waals surface area contributed by atoms with E-state index in [4.69, 9.17) is 4.98 Å². The molecule has 0 fully saturated rings. The van der Waals surface area contributed by atoms with Crippen molar-refractivity contribution in [1.82, 2.24) is 9.97 Å². The second-order valence-corrected chi connectivity index (χ2v) is 6.29. The van der Waals surface area contributed by atoms with Gasteiger partial charge < -0.3 is 0 Å². The van der Waals surface area contributed by atoms with Crippen LogP contribution in [0.15, 0.2) is 91.0 Å². The quantitative estimate of drug-likeness (QED) is 0.217. The number of benzene rings is 4. The van der Waals surface area contributed by atoms with Crippen molar-refractivity contribution < 1.29 is 4.79 Å². The van der Waals surface area contributed by atoms with E-state index < -0.39 is 0 Å². The van der Waals surface area contributed by atoms with Crippen LogP contribution in [0.5, 0.6) is 0 Å². The number of rotatable bonds is 1. The van der Waals surface area contributed by atoms with Crippen molar-refractivity contribution in [3.8, 4) is 0 Å². The average Bonchev–Trinajstić information content (AvgIpc) is 2.73. The first-order valence-electron chi connectivity index (χ1n) is 8.82. The predicted octanol–water partition coefficient (Wildman–Crippen LogP) is 5.83. The summed E-state index contributed by atoms with van der Waals surface area (Å²) in [6.07, 6.45) is 0. The molecule has 3 heteroatoms. The number of hydrogen-bond acceptors (Lipinski definition) is 3. The van der Waals surface area contributed by atoms with E-state index in [1.54, 1.807) is 6.92 Å². The standard InChI is InChI=1S/C16H10N2.C8H8O/c1-2-6-12-11(5-1)9-10-15-16(12)18-14-8-4-3-7-13(14)17-15;1-7(9)8-5-3-2-4-6-8/h1-10H;2-6H,1H3. The Morgan fingerprint density at radius 2 is 1.26 bits per heavy atom. The average molecular weight is 350 g/mol. The van der Waals surface area contributed by atoms with Gasteiger partial charge in [-0.3, -0.25) is 4.79 Å². The van der Waals surface area contributed by atoms with E-state index in [1.165, 1.54) is 5.39 Å². The number of nitrogens with zero attached hydrogens (tertiary/aromatic N) is 2. The van der Waals surface area contributed by atoms with Crippen LogP contribution in [-0.2, 0) is 0 Å². The van der Waals surface area contributed by atoms with Crippen molar-refractivity contribution >= 4 is 38.6 Å². The Bertz CT molecular complexity index is 1240. The first kappa shape index (κ1) is 16.9. The SMILES string of the molecule is CC(=O)c1ccccc1.c1ccc2c(c1)ccc1nc3ccccc3nc12. The Morgan fingerprint density at radius 1 is 0.630 bits per heavy atom. The number of carbonyl (C=O) groups excluding carboxylic acids is 1. The summed E-state index contributed by atoms with van der Waals surface area (Å²) in [6, 6.07) is 29.6. The van der Waals surface area contributed by atoms with E-state index in [9.17, 15) is 4.79 Å². The molecule has 5 aromatic rings. The first-order valence-corrected chi connectivity index (χ1v) is 8.82. The zero-order chi connectivity index (χ0) is 18.6. The van der Waals surface area contributed by atoms with Crippen LogP contribution in [0.4, 0.5) is 0 Å². The van der Waals surface area contributed by atoms with Crippen LogP contribution in [0.1, 0.15) is 17.3 Å². The molecule has 0 atom stereocenters. The van der Waals surface area contributed by atoms with E-state index >= 15 is 0 Å². The lowest BCUT2D eigenvalue weighted by Crippen LogP contribution is -1.88. The van der Waals surface area contributed by atoms with Crippen LogP contribution in [-0.4, -0.2) is 15.8 Å². The van der Waals surface area contributed by atoms with E-state index in [2.05, 4.69) is 23.2 Å². The number of fused-ring (bicyclic) bond motifs is 4. The molecule has 130 valence electrons. The molecule has 0 unspecified atom stereocenters. The number of ketones is 1. The topological polar surface area (TPSA) is 42.9 Å². The number of carbonyl (C=O) groups is 1. The van der Waals surface area contributed by atoms with E-state index in [0.717, 1.165) is 33.0 Å². The summed E-state index contributed by atoms with van der Waals surface area (Å²) < 4.78 is 0. The Labute approximate surface area is 157 Å². The predicted molar refractivity (Wildman–Crippen MR) is 111 cm³/mol. The number of Topliss-reactive ketones (excluding diaryl/α,β-unsaturated/α-hetero) is 1. The summed E-state index contributed by atoms with van der Waals surface area (Å²) in [5.74, 6) is 0.121. The molecule has 5 rings (SSSR count). The van der Waals surface area contributed by atoms with Crippen molar-refractivity contribution in [3.63, 3.8) is 0 Å². The van der Waals surface area contributed by atoms with Gasteiger partial charge in [-0.1, -0.05) is 72.8 Å². The fourth-order valence-corrected chi connectivity index (χ4v) is 3.03. The van der Waals surface area contributed by atoms with E-state index in [-0.39, 0.29) is 5.78 Å². The highest BCUT2D eigenvalue weighted by Crippen LogP contribution is 2.24. The smallest absolute Gasteiger partial charge is 0.159 e. The number of para-hydroxylation sites is 2. The zero-order valence-corrected chi connectivity index (χ0v) is 15.0. The molecule has 4 aromatic carbocycles. The fourth-order valence-electron chi connectivity index (χ4n) is 3.03. The van der Waals surface area contributed by atoms with Crippen molar-refractivity contribution in [2.45, 2.75) is 6.92 Å². The summed E-state index contributed by atoms with van der Waals surface area (Å²) in [4.78, 5) is 20.1. The van der Waals surface area contributed by atoms with Crippen LogP contribution in [0.2, 0.25) is 0 Å². The van der Waals surface area contributed by atoms with Gasteiger partial charge in [-0.25, -0.2) is 9.97 Å². The van der Waals surface area contributed by atoms with Crippen molar-refractivity contribution in [2.75, 3.05) is 0 Å². The van der Waals surface area contributed by atoms with Gasteiger partial charge in [0.25, 0.3) is 0 Å². The molecule has 0 N–H and O–H groups in total. The van der Waals surface area contributed by atoms with Crippen LogP contribution in [0, 0.1) is 0 Å². The Hall–Kier alpha value is -3.59. The largest absolute Gasteiger partial charge is 0.295 e. The fraction of sp³-hybridized carbons (Fsp3) is 0.0417. The maximum Gasteiger partial charge on any atom is 0.159 e. The van der Waals surface area contributed by atoms with Gasteiger partial charge in [0.1, 0.15) is 0 Å². The highest BCUT2D eigenvalue weighted by atomic mass is 16.1. The van der Waals surface area contributed by atoms with Gasteiger partial charge in [-0.15, -0.1) is 0 Å². The van der Waals surface area contributed by atoms with Gasteiger partial charge in [-0.05, 0) is 30.5 Å². The van der Waals surface area contributed by atoms with Gasteiger partial charge in [0.05, 0.1) is 22.1 Å². The minimum Gasteiger partial charge on any atom is -0.295 e. The molecule has 0 aliphatic rings. The molecule has 1 aromatic heterocycles. The van der Waals surface area contributed by atoms with Crippen LogP contribution >= 0.6 is 0 Å². The minimum absolute atomic E-state index is 0.121. The Balaban J connectivity index is 0.000000170. The summed E-state index contributed by atoms with van der Waals surface area (Å²) in [5.41, 5.74) is 4.60. The number of aromatic nitrogens is 2. The second kappa shape index (κ2) is 7.34. The molecule has 0 bridgehead atoms. The van der Waals surface area contributed by atoms with Gasteiger partial charge in [0.2, 0.25) is 0 Å². The Morgan fingerprint density at radius 3 is 1.96 bits per heavy atom. The maximum atomic E-state index is 10.6. The molecule has 0 saturated heterocycles. The van der Waals surface area contributed by atoms with Gasteiger partial charge >= 0.3 is 0 Å². The molecule has 3 nitrogen and oxygen atoms in total. The lowest BCUT2D eigenvalue weighted by molar-refractivity contribution is 0.101. The molecule has 0 aliphatic carbocycles. The van der Waals surface area contributed by atoms with Gasteiger partial charge in [-0.2, -0.15) is 0 Å². The molecule has 0 amide bonds. The van der Waals surface area contributed by atoms with Gasteiger partial charge in [0.15, 0.2) is 5.78 Å². The third-order valence-corrected chi connectivity index (χ3v) is 4.41. The monoisotopic (exact) mass is 350 g/mol. The highest BCUT2D eigenvalue weighted by Gasteiger charge is 2.04. The molecule has 0 saturated carbocycles. The van der Waals surface area contributed by atoms with Crippen LogP contribution < -0.4 is 0 Å². The molecule has 0 aliphatic heterocycles. The minimum atomic E-state index is 0.121. The molecule has 1 heterocycles. The lowest BCUT2D eigenvalue weighted by Gasteiger charge is -2.04. The van der Waals surface area contributed by atoms with Crippen molar-refractivity contribution in [1.29, 1.82) is 0 Å². The van der Waals surface area contributed by atoms with Crippen LogP contribution in [0.3, 0.4) is 0 Å². The summed E-state index contributed by atoms with van der Waals surface area (Å²) in [5, 5.41) is 2.36. The third kappa shape index (κ3) is 3.53. The van der Waals surface area contributed by atoms with Gasteiger partial charge in [0, 0.05) is 10.9 Å². The third-order valence-electron chi connectivity index (χ3n) is 4.41. The number of hydrogen-bond donors (Lipinski definition) is 0. The van der Waals surface area contributed by atoms with Crippen LogP contribution in [0.25, 0.3) is 32.8 Å². The zero-order valence-electron chi connectivity index (χ0n) is 15.0. The first-order chi connectivity index (χ1) is 13.2. The molecular weight excluding hydrogens is 332 g/mol. The molecular formula is C24H18N2O. The normalized spacial score (nSPS) is 10.6. The second-order valence-electron chi connectivity index (χ2n) is 6.29. The maximum absolute atomic E-state index is 10.6.